The summed E-state index contributed by atoms with van der Waals surface area (Å²) in [5, 5.41) is 10.0. The Hall–Kier alpha value is -0.920. The monoisotopic (exact) mass is 486 g/mol. The predicted octanol–water partition coefficient (Wildman–Crippen LogP) is 5.67. The number of amides is 1. The van der Waals surface area contributed by atoms with E-state index in [0.717, 1.165) is 48.8 Å². The van der Waals surface area contributed by atoms with E-state index < -0.39 is 0 Å². The number of anilines is 1. The predicted molar refractivity (Wildman–Crippen MR) is 127 cm³/mol. The summed E-state index contributed by atoms with van der Waals surface area (Å²) in [6.07, 6.45) is 7.08. The first-order chi connectivity index (χ1) is 14.5. The average Bonchev–Trinajstić information content (AvgIpc) is 3.32. The van der Waals surface area contributed by atoms with Gasteiger partial charge in [-0.3, -0.25) is 15.2 Å². The van der Waals surface area contributed by atoms with Gasteiger partial charge in [0.2, 0.25) is 0 Å². The van der Waals surface area contributed by atoms with Gasteiger partial charge in [0.05, 0.1) is 21.1 Å². The van der Waals surface area contributed by atoms with Crippen molar-refractivity contribution in [2.24, 2.45) is 11.0 Å². The van der Waals surface area contributed by atoms with Crippen LogP contribution in [0.2, 0.25) is 10.0 Å². The third-order valence-electron chi connectivity index (χ3n) is 5.86. The molecule has 9 heteroatoms. The smallest absolute Gasteiger partial charge is 0.282 e. The Labute approximate surface area is 196 Å². The molecule has 0 saturated carbocycles. The van der Waals surface area contributed by atoms with Gasteiger partial charge in [-0.2, -0.15) is 5.10 Å². The third-order valence-corrected chi connectivity index (χ3v) is 7.99. The lowest BCUT2D eigenvalue weighted by molar-refractivity contribution is -0.120. The summed E-state index contributed by atoms with van der Waals surface area (Å²) in [6.45, 7) is 3.86. The third kappa shape index (κ3) is 4.63. The number of halogens is 3. The Morgan fingerprint density at radius 1 is 1.23 bits per heavy atom. The van der Waals surface area contributed by atoms with E-state index in [1.165, 1.54) is 6.42 Å². The van der Waals surface area contributed by atoms with Crippen LogP contribution in [-0.4, -0.2) is 41.0 Å². The van der Waals surface area contributed by atoms with Crippen LogP contribution in [0.1, 0.15) is 39.0 Å². The van der Waals surface area contributed by atoms with E-state index in [-0.39, 0.29) is 23.1 Å². The summed E-state index contributed by atoms with van der Waals surface area (Å²) in [4.78, 5) is 13.2. The highest BCUT2D eigenvalue weighted by molar-refractivity contribution is 8.05. The van der Waals surface area contributed by atoms with Gasteiger partial charge < -0.3 is 0 Å². The van der Waals surface area contributed by atoms with Gasteiger partial charge in [0.15, 0.2) is 0 Å². The zero-order valence-corrected chi connectivity index (χ0v) is 19.9. The lowest BCUT2D eigenvalue weighted by atomic mass is 9.89. The first kappa shape index (κ1) is 22.3. The maximum atomic E-state index is 13.2. The first-order valence-corrected chi connectivity index (χ1v) is 12.4. The standard InChI is InChI=1S/C21H25Cl3N4OS/c1-2-14-19(21(29)26-27-10-4-3-5-11-27)25-28(16-7-6-13(22)12-15(16)23)20(14)17-8-9-18(24)30-17/h6-7,9,12,14,17,20H,2-5,8,10-11H2,1H3,(H,26,29)/t14-,17?,20+/m0/s1. The van der Waals surface area contributed by atoms with Crippen molar-refractivity contribution in [2.45, 2.75) is 50.3 Å². The molecule has 162 valence electrons. The molecule has 0 aromatic heterocycles. The van der Waals surface area contributed by atoms with Crippen molar-refractivity contribution in [3.05, 3.63) is 38.7 Å². The fraction of sp³-hybridized carbons (Fsp3) is 0.524. The number of hydrogen-bond acceptors (Lipinski definition) is 5. The molecule has 1 amide bonds. The molecule has 0 bridgehead atoms. The number of carbonyl (C=O) groups is 1. The molecule has 0 aliphatic carbocycles. The van der Waals surface area contributed by atoms with Crippen molar-refractivity contribution in [3.8, 4) is 0 Å². The molecule has 3 heterocycles. The number of hydrogen-bond donors (Lipinski definition) is 1. The Balaban J connectivity index is 1.65. The van der Waals surface area contributed by atoms with Crippen LogP contribution in [0, 0.1) is 5.92 Å². The fourth-order valence-electron chi connectivity index (χ4n) is 4.40. The molecule has 1 aromatic carbocycles. The van der Waals surface area contributed by atoms with Crippen molar-refractivity contribution in [1.82, 2.24) is 10.4 Å². The largest absolute Gasteiger partial charge is 0.284 e. The molecule has 30 heavy (non-hydrogen) atoms. The molecule has 0 spiro atoms. The molecule has 0 radical (unpaired) electrons. The number of nitrogens with one attached hydrogen (secondary N) is 1. The molecule has 1 N–H and O–H groups in total. The van der Waals surface area contributed by atoms with Crippen molar-refractivity contribution < 1.29 is 4.79 Å². The molecule has 4 rings (SSSR count). The number of allylic oxidation sites excluding steroid dienone is 1. The first-order valence-electron chi connectivity index (χ1n) is 10.4. The van der Waals surface area contributed by atoms with Crippen molar-refractivity contribution >= 4 is 63.9 Å². The van der Waals surface area contributed by atoms with Gasteiger partial charge in [-0.25, -0.2) is 5.01 Å². The molecule has 3 aliphatic heterocycles. The number of benzene rings is 1. The second-order valence-corrected chi connectivity index (χ2v) is 10.6. The normalized spacial score (nSPS) is 27.2. The van der Waals surface area contributed by atoms with Gasteiger partial charge >= 0.3 is 0 Å². The van der Waals surface area contributed by atoms with Crippen molar-refractivity contribution in [2.75, 3.05) is 18.1 Å². The van der Waals surface area contributed by atoms with E-state index in [4.69, 9.17) is 39.9 Å². The molecule has 1 fully saturated rings. The molecule has 1 unspecified atom stereocenters. The van der Waals surface area contributed by atoms with Gasteiger partial charge in [0.25, 0.3) is 5.91 Å². The van der Waals surface area contributed by atoms with E-state index in [9.17, 15) is 4.79 Å². The number of carbonyl (C=O) groups excluding carboxylic acids is 1. The number of hydrazone groups is 1. The number of rotatable bonds is 5. The van der Waals surface area contributed by atoms with Crippen molar-refractivity contribution in [1.29, 1.82) is 0 Å². The minimum atomic E-state index is -0.122. The highest BCUT2D eigenvalue weighted by Crippen LogP contribution is 2.45. The summed E-state index contributed by atoms with van der Waals surface area (Å²) in [7, 11) is 0. The van der Waals surface area contributed by atoms with Gasteiger partial charge in [-0.15, -0.1) is 11.8 Å². The average molecular weight is 488 g/mol. The van der Waals surface area contributed by atoms with Crippen LogP contribution in [0.25, 0.3) is 0 Å². The van der Waals surface area contributed by atoms with E-state index in [1.54, 1.807) is 23.9 Å². The Morgan fingerprint density at radius 3 is 2.63 bits per heavy atom. The van der Waals surface area contributed by atoms with E-state index >= 15 is 0 Å². The van der Waals surface area contributed by atoms with Crippen LogP contribution >= 0.6 is 46.6 Å². The maximum absolute atomic E-state index is 13.2. The number of piperidine rings is 1. The molecular formula is C21H25Cl3N4OS. The SMILES string of the molecule is CC[C@H]1C(C(=O)NN2CCCCC2)=NN(c2ccc(Cl)cc2Cl)[C@H]1C1CC=C(Cl)S1. The van der Waals surface area contributed by atoms with Crippen LogP contribution in [0.3, 0.4) is 0 Å². The number of hydrazine groups is 1. The van der Waals surface area contributed by atoms with Crippen LogP contribution in [0.4, 0.5) is 5.69 Å². The summed E-state index contributed by atoms with van der Waals surface area (Å²) in [6, 6.07) is 5.36. The highest BCUT2D eigenvalue weighted by Gasteiger charge is 2.46. The maximum Gasteiger partial charge on any atom is 0.282 e. The fourth-order valence-corrected chi connectivity index (χ4v) is 6.45. The van der Waals surface area contributed by atoms with Crippen LogP contribution < -0.4 is 10.4 Å². The van der Waals surface area contributed by atoms with Gasteiger partial charge in [0, 0.05) is 29.3 Å². The second kappa shape index (κ2) is 9.70. The quantitative estimate of drug-likeness (QED) is 0.581. The summed E-state index contributed by atoms with van der Waals surface area (Å²) >= 11 is 20.6. The van der Waals surface area contributed by atoms with Gasteiger partial charge in [-0.1, -0.05) is 54.2 Å². The molecule has 1 saturated heterocycles. The van der Waals surface area contributed by atoms with E-state index in [0.29, 0.717) is 15.8 Å². The number of thioether (sulfide) groups is 1. The zero-order chi connectivity index (χ0) is 21.3. The molecule has 1 aromatic rings. The van der Waals surface area contributed by atoms with Crippen LogP contribution in [0.15, 0.2) is 33.7 Å². The summed E-state index contributed by atoms with van der Waals surface area (Å²) in [5.41, 5.74) is 4.39. The van der Waals surface area contributed by atoms with E-state index in [1.807, 2.05) is 22.2 Å². The zero-order valence-electron chi connectivity index (χ0n) is 16.8. The molecule has 5 nitrogen and oxygen atoms in total. The Bertz CT molecular complexity index is 872. The van der Waals surface area contributed by atoms with Crippen LogP contribution in [0.5, 0.6) is 0 Å². The van der Waals surface area contributed by atoms with E-state index in [2.05, 4.69) is 12.3 Å². The Kier molecular flexibility index (Phi) is 7.20. The Morgan fingerprint density at radius 2 is 2.00 bits per heavy atom. The highest BCUT2D eigenvalue weighted by atomic mass is 35.5. The molecular weight excluding hydrogens is 463 g/mol. The minimum Gasteiger partial charge on any atom is -0.284 e. The van der Waals surface area contributed by atoms with Gasteiger partial charge in [0.1, 0.15) is 5.71 Å². The number of nitrogens with zero attached hydrogens (tertiary/aromatic N) is 3. The summed E-state index contributed by atoms with van der Waals surface area (Å²) < 4.78 is 0.795. The van der Waals surface area contributed by atoms with Gasteiger partial charge in [-0.05, 0) is 43.9 Å². The molecule has 3 atom stereocenters. The minimum absolute atomic E-state index is 0.0185. The second-order valence-electron chi connectivity index (χ2n) is 7.82. The topological polar surface area (TPSA) is 47.9 Å². The summed E-state index contributed by atoms with van der Waals surface area (Å²) in [5.74, 6) is -0.140. The van der Waals surface area contributed by atoms with Crippen molar-refractivity contribution in [3.63, 3.8) is 0 Å². The lowest BCUT2D eigenvalue weighted by Crippen LogP contribution is -2.49. The van der Waals surface area contributed by atoms with Crippen LogP contribution in [-0.2, 0) is 4.79 Å². The molecule has 3 aliphatic rings. The lowest BCUT2D eigenvalue weighted by Gasteiger charge is -2.32.